The third-order valence-electron chi connectivity index (χ3n) is 4.06. The first-order valence-corrected chi connectivity index (χ1v) is 8.26. The van der Waals surface area contributed by atoms with E-state index in [0.717, 1.165) is 25.3 Å². The van der Waals surface area contributed by atoms with Crippen LogP contribution in [0.2, 0.25) is 0 Å². The Hall–Kier alpha value is -1.66. The molecule has 2 amide bonds. The fourth-order valence-electron chi connectivity index (χ4n) is 2.86. The molecule has 1 saturated heterocycles. The van der Waals surface area contributed by atoms with Crippen molar-refractivity contribution in [2.24, 2.45) is 0 Å². The predicted octanol–water partition coefficient (Wildman–Crippen LogP) is 1.89. The molecule has 6 heteroatoms. The summed E-state index contributed by atoms with van der Waals surface area (Å²) in [6, 6.07) is 5.54. The molecule has 2 rings (SSSR count). The number of hydrogen-bond acceptors (Lipinski definition) is 4. The summed E-state index contributed by atoms with van der Waals surface area (Å²) in [6.45, 7) is 9.52. The quantitative estimate of drug-likeness (QED) is 0.900. The molecule has 1 aliphatic rings. The number of hydrogen-bond donors (Lipinski definition) is 1. The molecule has 23 heavy (non-hydrogen) atoms. The number of morpholine rings is 1. The second-order valence-electron chi connectivity index (χ2n) is 6.36. The molecule has 1 aliphatic heterocycles. The van der Waals surface area contributed by atoms with Crippen LogP contribution in [0.25, 0.3) is 0 Å². The molecule has 1 aromatic heterocycles. The maximum Gasteiger partial charge on any atom is 0.317 e. The maximum absolute atomic E-state index is 12.3. The minimum Gasteiger partial charge on any atom is -0.373 e. The number of rotatable bonds is 5. The Labute approximate surface area is 138 Å². The second-order valence-corrected chi connectivity index (χ2v) is 6.36. The minimum absolute atomic E-state index is 0.0718. The number of nitrogens with one attached hydrogen (secondary N) is 1. The molecule has 0 saturated carbocycles. The van der Waals surface area contributed by atoms with Crippen LogP contribution in [0, 0.1) is 0 Å². The molecule has 1 fully saturated rings. The Kier molecular flexibility index (Phi) is 6.36. The molecule has 3 atom stereocenters. The molecule has 128 valence electrons. The van der Waals surface area contributed by atoms with Crippen LogP contribution in [0.15, 0.2) is 24.4 Å². The lowest BCUT2D eigenvalue weighted by Gasteiger charge is -2.36. The van der Waals surface area contributed by atoms with Crippen molar-refractivity contribution in [1.29, 1.82) is 0 Å². The van der Waals surface area contributed by atoms with Gasteiger partial charge in [-0.1, -0.05) is 6.07 Å². The molecular formula is C17H28N4O2. The van der Waals surface area contributed by atoms with Crippen LogP contribution >= 0.6 is 0 Å². The van der Waals surface area contributed by atoms with Crippen LogP contribution < -0.4 is 5.32 Å². The highest BCUT2D eigenvalue weighted by atomic mass is 16.5. The summed E-state index contributed by atoms with van der Waals surface area (Å²) in [5.74, 6) is 0. The van der Waals surface area contributed by atoms with Gasteiger partial charge in [0, 0.05) is 39.4 Å². The average Bonchev–Trinajstić information content (AvgIpc) is 2.52. The van der Waals surface area contributed by atoms with E-state index in [4.69, 9.17) is 4.74 Å². The van der Waals surface area contributed by atoms with Crippen molar-refractivity contribution in [3.63, 3.8) is 0 Å². The molecular weight excluding hydrogens is 292 g/mol. The number of amides is 2. The standard InChI is InChI=1S/C17H28N4O2/c1-13-11-21(12-14(2)23-13)10-9-20(4)17(22)19-15(3)16-7-5-6-8-18-16/h5-8,13-15H,9-12H2,1-4H3,(H,19,22)/t13-,14+,15?. The van der Waals surface area contributed by atoms with Gasteiger partial charge in [-0.2, -0.15) is 0 Å². The Balaban J connectivity index is 1.76. The maximum atomic E-state index is 12.3. The van der Waals surface area contributed by atoms with E-state index in [1.165, 1.54) is 0 Å². The average molecular weight is 320 g/mol. The molecule has 1 aromatic rings. The molecule has 2 heterocycles. The van der Waals surface area contributed by atoms with Crippen molar-refractivity contribution in [3.8, 4) is 0 Å². The number of aromatic nitrogens is 1. The van der Waals surface area contributed by atoms with Gasteiger partial charge in [-0.25, -0.2) is 4.79 Å². The lowest BCUT2D eigenvalue weighted by atomic mass is 10.2. The van der Waals surface area contributed by atoms with E-state index < -0.39 is 0 Å². The van der Waals surface area contributed by atoms with Gasteiger partial charge in [0.25, 0.3) is 0 Å². The van der Waals surface area contributed by atoms with Gasteiger partial charge in [0.05, 0.1) is 23.9 Å². The summed E-state index contributed by atoms with van der Waals surface area (Å²) in [6.07, 6.45) is 2.24. The van der Waals surface area contributed by atoms with E-state index >= 15 is 0 Å². The SMILES string of the molecule is CC(NC(=O)N(C)CCN1C[C@@H](C)O[C@@H](C)C1)c1ccccn1. The Morgan fingerprint density at radius 3 is 2.74 bits per heavy atom. The van der Waals surface area contributed by atoms with E-state index in [1.54, 1.807) is 11.1 Å². The van der Waals surface area contributed by atoms with E-state index in [9.17, 15) is 4.79 Å². The van der Waals surface area contributed by atoms with Crippen LogP contribution in [0.5, 0.6) is 0 Å². The third-order valence-corrected chi connectivity index (χ3v) is 4.06. The van der Waals surface area contributed by atoms with E-state index in [-0.39, 0.29) is 24.3 Å². The number of likely N-dealkylation sites (N-methyl/N-ethyl adjacent to an activating group) is 1. The summed E-state index contributed by atoms with van der Waals surface area (Å²) < 4.78 is 5.73. The Bertz CT molecular complexity index is 487. The van der Waals surface area contributed by atoms with Crippen molar-refractivity contribution in [2.45, 2.75) is 39.0 Å². The van der Waals surface area contributed by atoms with Gasteiger partial charge in [0.1, 0.15) is 0 Å². The number of ether oxygens (including phenoxy) is 1. The fourth-order valence-corrected chi connectivity index (χ4v) is 2.86. The zero-order chi connectivity index (χ0) is 16.8. The summed E-state index contributed by atoms with van der Waals surface area (Å²) >= 11 is 0. The third kappa shape index (κ3) is 5.48. The smallest absolute Gasteiger partial charge is 0.317 e. The first-order chi connectivity index (χ1) is 11.0. The van der Waals surface area contributed by atoms with Crippen LogP contribution in [-0.2, 0) is 4.74 Å². The number of carbonyl (C=O) groups is 1. The molecule has 6 nitrogen and oxygen atoms in total. The molecule has 0 radical (unpaired) electrons. The zero-order valence-electron chi connectivity index (χ0n) is 14.5. The summed E-state index contributed by atoms with van der Waals surface area (Å²) in [5, 5.41) is 2.98. The van der Waals surface area contributed by atoms with Crippen LogP contribution in [0.1, 0.15) is 32.5 Å². The monoisotopic (exact) mass is 320 g/mol. The highest BCUT2D eigenvalue weighted by Crippen LogP contribution is 2.11. The van der Waals surface area contributed by atoms with Crippen molar-refractivity contribution in [1.82, 2.24) is 20.1 Å². The molecule has 0 bridgehead atoms. The molecule has 0 aromatic carbocycles. The minimum atomic E-state index is -0.102. The second kappa shape index (κ2) is 8.26. The van der Waals surface area contributed by atoms with Crippen LogP contribution in [-0.4, -0.2) is 66.2 Å². The number of carbonyl (C=O) groups excluding carboxylic acids is 1. The normalized spacial score (nSPS) is 23.3. The van der Waals surface area contributed by atoms with Gasteiger partial charge >= 0.3 is 6.03 Å². The van der Waals surface area contributed by atoms with Crippen LogP contribution in [0.3, 0.4) is 0 Å². The molecule has 1 unspecified atom stereocenters. The first kappa shape index (κ1) is 17.7. The van der Waals surface area contributed by atoms with Crippen molar-refractivity contribution >= 4 is 6.03 Å². The first-order valence-electron chi connectivity index (χ1n) is 8.26. The van der Waals surface area contributed by atoms with E-state index in [2.05, 4.69) is 29.0 Å². The van der Waals surface area contributed by atoms with Gasteiger partial charge in [0.15, 0.2) is 0 Å². The summed E-state index contributed by atoms with van der Waals surface area (Å²) in [5.41, 5.74) is 0.866. The highest BCUT2D eigenvalue weighted by Gasteiger charge is 2.22. The largest absolute Gasteiger partial charge is 0.373 e. The topological polar surface area (TPSA) is 57.7 Å². The van der Waals surface area contributed by atoms with Gasteiger partial charge < -0.3 is 15.0 Å². The molecule has 1 N–H and O–H groups in total. The number of urea groups is 1. The number of nitrogens with zero attached hydrogens (tertiary/aromatic N) is 3. The van der Waals surface area contributed by atoms with Crippen LogP contribution in [0.4, 0.5) is 4.79 Å². The lowest BCUT2D eigenvalue weighted by Crippen LogP contribution is -2.49. The zero-order valence-corrected chi connectivity index (χ0v) is 14.5. The Morgan fingerprint density at radius 2 is 2.13 bits per heavy atom. The van der Waals surface area contributed by atoms with Crippen molar-refractivity contribution in [3.05, 3.63) is 30.1 Å². The van der Waals surface area contributed by atoms with Gasteiger partial charge in [-0.05, 0) is 32.9 Å². The van der Waals surface area contributed by atoms with Crippen molar-refractivity contribution in [2.75, 3.05) is 33.2 Å². The van der Waals surface area contributed by atoms with E-state index in [1.807, 2.05) is 32.2 Å². The van der Waals surface area contributed by atoms with E-state index in [0.29, 0.717) is 6.54 Å². The van der Waals surface area contributed by atoms with Crippen molar-refractivity contribution < 1.29 is 9.53 Å². The molecule has 0 aliphatic carbocycles. The summed E-state index contributed by atoms with van der Waals surface area (Å²) in [4.78, 5) is 20.6. The Morgan fingerprint density at radius 1 is 1.43 bits per heavy atom. The summed E-state index contributed by atoms with van der Waals surface area (Å²) in [7, 11) is 1.83. The molecule has 0 spiro atoms. The lowest BCUT2D eigenvalue weighted by molar-refractivity contribution is -0.0684. The van der Waals surface area contributed by atoms with Gasteiger partial charge in [-0.3, -0.25) is 9.88 Å². The predicted molar refractivity (Wildman–Crippen MR) is 90.3 cm³/mol. The van der Waals surface area contributed by atoms with Gasteiger partial charge in [0.2, 0.25) is 0 Å². The highest BCUT2D eigenvalue weighted by molar-refractivity contribution is 5.74. The fraction of sp³-hybridized carbons (Fsp3) is 0.647. The van der Waals surface area contributed by atoms with Gasteiger partial charge in [-0.15, -0.1) is 0 Å². The number of pyridine rings is 1.